The van der Waals surface area contributed by atoms with E-state index < -0.39 is 36.7 Å². The van der Waals surface area contributed by atoms with Gasteiger partial charge in [-0.25, -0.2) is 4.79 Å². The number of rotatable bonds is 4. The summed E-state index contributed by atoms with van der Waals surface area (Å²) in [4.78, 5) is 12.1. The summed E-state index contributed by atoms with van der Waals surface area (Å²) in [6.07, 6.45) is -12.1. The number of hydrogen-bond acceptors (Lipinski definition) is 3. The standard InChI is InChI=1S/C16H18F6N2O2/c17-15(18,19)12-5-1-3-10(7-12)11-4-2-6-24(8-11)9-13(16(20,21)22)26-14(23)25/h1,3,5,7,11,13H,2,4,6,8-9H2,(H2,23,25)/t11?,13-/m0/s1. The summed E-state index contributed by atoms with van der Waals surface area (Å²) in [5.41, 5.74) is 4.31. The molecule has 2 rings (SSSR count). The number of hydrogen-bond donors (Lipinski definition) is 1. The van der Waals surface area contributed by atoms with Gasteiger partial charge in [0.15, 0.2) is 0 Å². The van der Waals surface area contributed by atoms with Crippen LogP contribution in [0.4, 0.5) is 31.1 Å². The first-order valence-corrected chi connectivity index (χ1v) is 7.89. The number of amides is 1. The Kier molecular flexibility index (Phi) is 6.05. The largest absolute Gasteiger partial charge is 0.435 e. The number of primary amides is 1. The van der Waals surface area contributed by atoms with Gasteiger partial charge < -0.3 is 10.5 Å². The second-order valence-corrected chi connectivity index (χ2v) is 6.19. The molecule has 0 saturated carbocycles. The Bertz CT molecular complexity index is 632. The maximum absolute atomic E-state index is 13.0. The number of carbonyl (C=O) groups excluding carboxylic acids is 1. The molecular formula is C16H18F6N2O2. The molecule has 26 heavy (non-hydrogen) atoms. The van der Waals surface area contributed by atoms with Gasteiger partial charge in [-0.3, -0.25) is 4.90 Å². The van der Waals surface area contributed by atoms with Gasteiger partial charge in [-0.1, -0.05) is 18.2 Å². The number of carbonyl (C=O) groups is 1. The fraction of sp³-hybridized carbons (Fsp3) is 0.562. The first-order valence-electron chi connectivity index (χ1n) is 7.89. The molecule has 1 unspecified atom stereocenters. The van der Waals surface area contributed by atoms with E-state index in [0.29, 0.717) is 24.9 Å². The summed E-state index contributed by atoms with van der Waals surface area (Å²) in [6, 6.07) is 4.79. The van der Waals surface area contributed by atoms with Gasteiger partial charge in [0.05, 0.1) is 5.56 Å². The molecule has 0 aromatic heterocycles. The van der Waals surface area contributed by atoms with Crippen LogP contribution < -0.4 is 5.73 Å². The molecule has 0 aliphatic carbocycles. The summed E-state index contributed by atoms with van der Waals surface area (Å²) < 4.78 is 81.5. The molecule has 1 aliphatic heterocycles. The third-order valence-corrected chi connectivity index (χ3v) is 4.24. The van der Waals surface area contributed by atoms with Crippen LogP contribution in [0.3, 0.4) is 0 Å². The third-order valence-electron chi connectivity index (χ3n) is 4.24. The molecule has 1 saturated heterocycles. The molecule has 1 aliphatic rings. The van der Waals surface area contributed by atoms with Crippen LogP contribution in [-0.2, 0) is 10.9 Å². The topological polar surface area (TPSA) is 55.6 Å². The van der Waals surface area contributed by atoms with Crippen molar-refractivity contribution in [3.05, 3.63) is 35.4 Å². The predicted octanol–water partition coefficient (Wildman–Crippen LogP) is 3.91. The molecule has 1 fully saturated rings. The van der Waals surface area contributed by atoms with Gasteiger partial charge in [-0.2, -0.15) is 26.3 Å². The van der Waals surface area contributed by atoms with Crippen molar-refractivity contribution in [2.45, 2.75) is 37.2 Å². The van der Waals surface area contributed by atoms with E-state index in [2.05, 4.69) is 10.5 Å². The number of nitrogens with zero attached hydrogens (tertiary/aromatic N) is 1. The lowest BCUT2D eigenvalue weighted by atomic mass is 9.89. The van der Waals surface area contributed by atoms with Crippen molar-refractivity contribution >= 4 is 6.09 Å². The molecule has 2 N–H and O–H groups in total. The van der Waals surface area contributed by atoms with Crippen LogP contribution in [0.2, 0.25) is 0 Å². The van der Waals surface area contributed by atoms with E-state index in [1.807, 2.05) is 0 Å². The average molecular weight is 384 g/mol. The number of benzene rings is 1. The Labute approximate surface area is 145 Å². The number of halogens is 6. The maximum atomic E-state index is 13.0. The zero-order chi connectivity index (χ0) is 19.5. The number of ether oxygens (including phenoxy) is 1. The highest BCUT2D eigenvalue weighted by atomic mass is 19.4. The number of likely N-dealkylation sites (tertiary alicyclic amines) is 1. The molecular weight excluding hydrogens is 366 g/mol. The zero-order valence-corrected chi connectivity index (χ0v) is 13.6. The van der Waals surface area contributed by atoms with E-state index in [1.165, 1.54) is 17.0 Å². The quantitative estimate of drug-likeness (QED) is 0.801. The fourth-order valence-corrected chi connectivity index (χ4v) is 3.04. The first-order chi connectivity index (χ1) is 12.0. The molecule has 146 valence electrons. The number of alkyl halides is 6. The Balaban J connectivity index is 2.10. The summed E-state index contributed by atoms with van der Waals surface area (Å²) in [5, 5.41) is 0. The fourth-order valence-electron chi connectivity index (χ4n) is 3.04. The minimum Gasteiger partial charge on any atom is -0.435 e. The van der Waals surface area contributed by atoms with Gasteiger partial charge >= 0.3 is 18.4 Å². The molecule has 10 heteroatoms. The summed E-state index contributed by atoms with van der Waals surface area (Å²) >= 11 is 0. The highest BCUT2D eigenvalue weighted by Gasteiger charge is 2.44. The van der Waals surface area contributed by atoms with Crippen LogP contribution in [0, 0.1) is 0 Å². The Morgan fingerprint density at radius 2 is 1.96 bits per heavy atom. The van der Waals surface area contributed by atoms with Crippen molar-refractivity contribution in [2.24, 2.45) is 5.73 Å². The Morgan fingerprint density at radius 3 is 2.54 bits per heavy atom. The zero-order valence-electron chi connectivity index (χ0n) is 13.6. The normalized spacial score (nSPS) is 20.6. The summed E-state index contributed by atoms with van der Waals surface area (Å²) in [6.45, 7) is -0.151. The van der Waals surface area contributed by atoms with Crippen LogP contribution in [0.1, 0.15) is 29.9 Å². The Hall–Kier alpha value is -1.97. The van der Waals surface area contributed by atoms with E-state index in [1.54, 1.807) is 0 Å². The molecule has 0 spiro atoms. The van der Waals surface area contributed by atoms with Crippen molar-refractivity contribution in [3.63, 3.8) is 0 Å². The molecule has 1 aromatic rings. The molecule has 4 nitrogen and oxygen atoms in total. The lowest BCUT2D eigenvalue weighted by Crippen LogP contribution is -2.47. The van der Waals surface area contributed by atoms with Gasteiger partial charge in [0.2, 0.25) is 6.10 Å². The van der Waals surface area contributed by atoms with E-state index in [9.17, 15) is 31.1 Å². The lowest BCUT2D eigenvalue weighted by molar-refractivity contribution is -0.207. The van der Waals surface area contributed by atoms with Gasteiger partial charge in [-0.15, -0.1) is 0 Å². The minimum atomic E-state index is -4.78. The monoisotopic (exact) mass is 384 g/mol. The van der Waals surface area contributed by atoms with Crippen molar-refractivity contribution in [1.29, 1.82) is 0 Å². The predicted molar refractivity (Wildman–Crippen MR) is 80.4 cm³/mol. The van der Waals surface area contributed by atoms with Crippen molar-refractivity contribution in [2.75, 3.05) is 19.6 Å². The summed E-state index contributed by atoms with van der Waals surface area (Å²) in [5.74, 6) is -0.339. The molecule has 0 bridgehead atoms. The highest BCUT2D eigenvalue weighted by molar-refractivity contribution is 5.64. The van der Waals surface area contributed by atoms with E-state index in [-0.39, 0.29) is 12.5 Å². The van der Waals surface area contributed by atoms with Crippen molar-refractivity contribution in [3.8, 4) is 0 Å². The SMILES string of the molecule is NC(=O)O[C@@H](CN1CCCC(c2cccc(C(F)(F)F)c2)C1)C(F)(F)F. The first kappa shape index (κ1) is 20.3. The molecule has 0 radical (unpaired) electrons. The molecule has 1 heterocycles. The van der Waals surface area contributed by atoms with Crippen LogP contribution in [0.5, 0.6) is 0 Å². The lowest BCUT2D eigenvalue weighted by Gasteiger charge is -2.35. The smallest absolute Gasteiger partial charge is 0.426 e. The van der Waals surface area contributed by atoms with Crippen molar-refractivity contribution < 1.29 is 35.9 Å². The molecule has 2 atom stereocenters. The number of nitrogens with two attached hydrogens (primary N) is 1. The van der Waals surface area contributed by atoms with Crippen LogP contribution in [0.25, 0.3) is 0 Å². The Morgan fingerprint density at radius 1 is 1.27 bits per heavy atom. The molecule has 1 amide bonds. The van der Waals surface area contributed by atoms with Crippen molar-refractivity contribution in [1.82, 2.24) is 4.90 Å². The maximum Gasteiger partial charge on any atom is 0.426 e. The molecule has 1 aromatic carbocycles. The van der Waals surface area contributed by atoms with Gasteiger partial charge in [0.1, 0.15) is 0 Å². The van der Waals surface area contributed by atoms with E-state index in [4.69, 9.17) is 0 Å². The minimum absolute atomic E-state index is 0.135. The van der Waals surface area contributed by atoms with Gasteiger partial charge in [0.25, 0.3) is 0 Å². The van der Waals surface area contributed by atoms with Gasteiger partial charge in [0, 0.05) is 13.1 Å². The highest BCUT2D eigenvalue weighted by Crippen LogP contribution is 2.34. The van der Waals surface area contributed by atoms with E-state index >= 15 is 0 Å². The summed E-state index contributed by atoms with van der Waals surface area (Å²) in [7, 11) is 0. The second kappa shape index (κ2) is 7.73. The van der Waals surface area contributed by atoms with E-state index in [0.717, 1.165) is 12.1 Å². The van der Waals surface area contributed by atoms with Crippen LogP contribution in [-0.4, -0.2) is 42.9 Å². The average Bonchev–Trinajstić information content (AvgIpc) is 2.53. The van der Waals surface area contributed by atoms with Gasteiger partial charge in [-0.05, 0) is 36.9 Å². The number of piperidine rings is 1. The third kappa shape index (κ3) is 5.52. The van der Waals surface area contributed by atoms with Crippen LogP contribution >= 0.6 is 0 Å². The van der Waals surface area contributed by atoms with Crippen LogP contribution in [0.15, 0.2) is 24.3 Å². The second-order valence-electron chi connectivity index (χ2n) is 6.19.